The van der Waals surface area contributed by atoms with Gasteiger partial charge in [-0.15, -0.1) is 0 Å². The minimum atomic E-state index is -6.38. The molecule has 0 aromatic heterocycles. The summed E-state index contributed by atoms with van der Waals surface area (Å²) in [5.74, 6) is -5.01. The van der Waals surface area contributed by atoms with Gasteiger partial charge >= 0.3 is 94.8 Å². The minimum Gasteiger partial charge on any atom is -0.479 e. The van der Waals surface area contributed by atoms with E-state index < -0.39 is 268 Å². The van der Waals surface area contributed by atoms with E-state index >= 15 is 0 Å². The fourth-order valence-corrected chi connectivity index (χ4v) is 12.0. The maximum Gasteiger partial charge on any atom is 0.397 e. The van der Waals surface area contributed by atoms with Gasteiger partial charge < -0.3 is 88.6 Å². The van der Waals surface area contributed by atoms with E-state index in [0.29, 0.717) is 0 Å². The summed E-state index contributed by atoms with van der Waals surface area (Å²) in [6, 6.07) is -8.69. The van der Waals surface area contributed by atoms with Crippen LogP contribution in [0.2, 0.25) is 0 Å². The van der Waals surface area contributed by atoms with Crippen molar-refractivity contribution < 1.29 is 223 Å². The molecule has 0 bridgehead atoms. The summed E-state index contributed by atoms with van der Waals surface area (Å²) in [4.78, 5) is 37.5. The molecule has 0 aromatic carbocycles. The molecule has 60 heteroatoms. The highest BCUT2D eigenvalue weighted by Crippen LogP contribution is 2.38. The fourth-order valence-electron chi connectivity index (χ4n) is 8.31. The fraction of sp³-hybridized carbons (Fsp3) is 0.900. The van der Waals surface area contributed by atoms with Crippen LogP contribution in [0, 0.1) is 0 Å². The van der Waals surface area contributed by atoms with Gasteiger partial charge in [0.05, 0.1) is 19.8 Å². The molecule has 528 valence electrons. The van der Waals surface area contributed by atoms with E-state index in [-0.39, 0.29) is 0 Å². The molecule has 90 heavy (non-hydrogen) atoms. The molecule has 4 saturated heterocycles. The van der Waals surface area contributed by atoms with Gasteiger partial charge in [-0.25, -0.2) is 30.5 Å². The zero-order valence-corrected chi connectivity index (χ0v) is 49.5. The topological polar surface area (TPSA) is 824 Å². The monoisotopic (exact) mass is 1490 g/mol. The number of carbonyl (C=O) groups is 3. The molecular formula is C30H51N3O49S8. The second kappa shape index (κ2) is 30.4. The Morgan fingerprint density at radius 3 is 1.32 bits per heavy atom. The van der Waals surface area contributed by atoms with E-state index in [1.54, 1.807) is 0 Å². The van der Waals surface area contributed by atoms with Crippen molar-refractivity contribution in [3.05, 3.63) is 0 Å². The third kappa shape index (κ3) is 24.0. The highest BCUT2D eigenvalue weighted by atomic mass is 32.3. The van der Waals surface area contributed by atoms with Crippen LogP contribution >= 0.6 is 0 Å². The van der Waals surface area contributed by atoms with Crippen LogP contribution in [0.25, 0.3) is 0 Å². The number of carboxylic acids is 2. The molecular weight excluding hydrogens is 1440 g/mol. The summed E-state index contributed by atoms with van der Waals surface area (Å²) in [5.41, 5.74) is 0. The second-order valence-corrected chi connectivity index (χ2v) is 27.1. The van der Waals surface area contributed by atoms with E-state index in [1.165, 1.54) is 4.72 Å². The Morgan fingerprint density at radius 1 is 0.456 bits per heavy atom. The van der Waals surface area contributed by atoms with Gasteiger partial charge in [-0.2, -0.15) is 81.5 Å². The summed E-state index contributed by atoms with van der Waals surface area (Å²) in [5, 5.41) is 97.8. The van der Waals surface area contributed by atoms with Gasteiger partial charge in [-0.05, 0) is 0 Å². The Kier molecular flexibility index (Phi) is 26.8. The number of rotatable bonds is 33. The van der Waals surface area contributed by atoms with Gasteiger partial charge in [0.25, 0.3) is 0 Å². The van der Waals surface area contributed by atoms with Crippen molar-refractivity contribution in [2.24, 2.45) is 0 Å². The van der Waals surface area contributed by atoms with Crippen LogP contribution in [0.1, 0.15) is 0 Å². The zero-order valence-electron chi connectivity index (χ0n) is 43.0. The van der Waals surface area contributed by atoms with Crippen LogP contribution in [0.15, 0.2) is 0 Å². The smallest absolute Gasteiger partial charge is 0.397 e. The molecule has 0 amide bonds. The van der Waals surface area contributed by atoms with E-state index in [9.17, 15) is 155 Å². The largest absolute Gasteiger partial charge is 0.479 e. The highest BCUT2D eigenvalue weighted by Gasteiger charge is 2.61. The SMILES string of the molecule is O=CC(NS(=O)(=O)O)C(O)C(OC1OC(C(=O)O)C(OC2OC(COS(=O)(=O)O)C(OC3OC(C(=O)O)C(OC4OC(COS(=O)(=O)O)C(O)C(O)C4NS(=O)(=O)O)C(O)C3O)C(OS(=O)(=O)O)C2NS(=O)(=O)O)C(O)C1OS(=O)(=O)O)C(O)COS(=O)(=O)O. The molecule has 0 aromatic rings. The molecule has 4 heterocycles. The van der Waals surface area contributed by atoms with Gasteiger partial charge in [-0.1, -0.05) is 0 Å². The summed E-state index contributed by atoms with van der Waals surface area (Å²) < 4.78 is 332. The first-order valence-corrected chi connectivity index (χ1v) is 34.1. The Bertz CT molecular complexity index is 3450. The first kappa shape index (κ1) is 79.4. The number of aliphatic hydroxyl groups excluding tert-OH is 7. The van der Waals surface area contributed by atoms with Crippen LogP contribution < -0.4 is 14.2 Å². The lowest BCUT2D eigenvalue weighted by Gasteiger charge is -2.50. The van der Waals surface area contributed by atoms with Crippen molar-refractivity contribution in [2.45, 2.75) is 147 Å². The lowest BCUT2D eigenvalue weighted by Crippen LogP contribution is -2.71. The molecule has 0 spiro atoms. The lowest BCUT2D eigenvalue weighted by molar-refractivity contribution is -0.370. The van der Waals surface area contributed by atoms with Crippen LogP contribution in [-0.4, -0.2) is 335 Å². The van der Waals surface area contributed by atoms with Crippen molar-refractivity contribution in [2.75, 3.05) is 19.8 Å². The lowest BCUT2D eigenvalue weighted by atomic mass is 9.94. The predicted octanol–water partition coefficient (Wildman–Crippen LogP) is -14.6. The molecule has 4 aliphatic rings. The van der Waals surface area contributed by atoms with Gasteiger partial charge in [0.2, 0.25) is 0 Å². The number of ether oxygens (including phenoxy) is 8. The number of carboxylic acid groups (broad SMARTS) is 2. The average Bonchev–Trinajstić information content (AvgIpc) is 0.770. The number of aliphatic carboxylic acids is 2. The second-order valence-electron chi connectivity index (χ2n) is 18.1. The van der Waals surface area contributed by atoms with Gasteiger partial charge in [0.15, 0.2) is 43.5 Å². The third-order valence-electron chi connectivity index (χ3n) is 11.8. The molecule has 0 aliphatic carbocycles. The molecule has 24 atom stereocenters. The Morgan fingerprint density at radius 2 is 0.878 bits per heavy atom. The van der Waals surface area contributed by atoms with Gasteiger partial charge in [0, 0.05) is 0 Å². The maximum absolute atomic E-state index is 12.9. The Labute approximate surface area is 503 Å². The predicted molar refractivity (Wildman–Crippen MR) is 258 cm³/mol. The molecule has 0 saturated carbocycles. The summed E-state index contributed by atoms with van der Waals surface area (Å²) in [7, 11) is -47.0. The van der Waals surface area contributed by atoms with E-state index in [1.807, 2.05) is 0 Å². The zero-order chi connectivity index (χ0) is 69.2. The summed E-state index contributed by atoms with van der Waals surface area (Å²) >= 11 is 0. The van der Waals surface area contributed by atoms with Crippen LogP contribution in [0.4, 0.5) is 0 Å². The molecule has 4 rings (SSSR count). The maximum atomic E-state index is 12.9. The van der Waals surface area contributed by atoms with Crippen LogP contribution in [0.5, 0.6) is 0 Å². The number of hydrogen-bond donors (Lipinski definition) is 20. The summed E-state index contributed by atoms with van der Waals surface area (Å²) in [6.45, 7) is -5.42. The van der Waals surface area contributed by atoms with Crippen LogP contribution in [-0.2, 0) is 156 Å². The first-order chi connectivity index (χ1) is 40.6. The van der Waals surface area contributed by atoms with Gasteiger partial charge in [0.1, 0.15) is 110 Å². The molecule has 4 aliphatic heterocycles. The quantitative estimate of drug-likeness (QED) is 0.0214. The standard InChI is InChI=1S/C30H51N3O49S8/c34-1-5(31-83(46,47)48)11(36)17(6(35)2-70-86(55,56)57)75-30-22(82-90(67,68)69)16(41)21(24(80-30)26(44)45)78-28-10(33-85(52,53)54)19(81-89(64,65)66)18(8(74-28)4-72-88(61,62)63)76-29-15(40)14(39)20(23(79-29)25(42)43)77-27-9(32-84(49,50)51)13(38)12(37)7(73-27)3-71-87(58,59)60/h1,5-24,27-33,35-41H,2-4H2,(H,42,43)(H,44,45)(H,46,47,48)(H,49,50,51)(H,52,53,54)(H,55,56,57)(H,58,59,60)(H,61,62,63)(H,64,65,66)(H,67,68,69). The number of hydrogen-bond acceptors (Lipinski definition) is 39. The number of nitrogens with one attached hydrogen (secondary N) is 3. The summed E-state index contributed by atoms with van der Waals surface area (Å²) in [6.07, 6.45) is -64.4. The van der Waals surface area contributed by atoms with Crippen LogP contribution in [0.3, 0.4) is 0 Å². The number of aldehydes is 1. The van der Waals surface area contributed by atoms with Crippen molar-refractivity contribution in [1.82, 2.24) is 14.2 Å². The minimum absolute atomic E-state index is 0.607. The molecule has 52 nitrogen and oxygen atoms in total. The third-order valence-corrected chi connectivity index (χ3v) is 15.7. The Balaban J connectivity index is 1.88. The Hall–Kier alpha value is -3.03. The van der Waals surface area contributed by atoms with E-state index in [2.05, 4.69) is 20.9 Å². The normalized spacial score (nSPS) is 35.2. The number of carbonyl (C=O) groups excluding carboxylic acids is 1. The van der Waals surface area contributed by atoms with Crippen molar-refractivity contribution in [3.8, 4) is 0 Å². The van der Waals surface area contributed by atoms with Gasteiger partial charge in [-0.3, -0.25) is 36.4 Å². The van der Waals surface area contributed by atoms with E-state index in [4.69, 9.17) is 47.0 Å². The highest BCUT2D eigenvalue weighted by molar-refractivity contribution is 7.84. The average molecular weight is 1490 g/mol. The van der Waals surface area contributed by atoms with Crippen molar-refractivity contribution >= 4 is 101 Å². The molecule has 24 unspecified atom stereocenters. The first-order valence-electron chi connectivity index (χ1n) is 22.9. The molecule has 20 N–H and O–H groups in total. The van der Waals surface area contributed by atoms with Crippen molar-refractivity contribution in [1.29, 1.82) is 0 Å². The molecule has 0 radical (unpaired) electrons. The van der Waals surface area contributed by atoms with E-state index in [0.717, 1.165) is 9.44 Å². The van der Waals surface area contributed by atoms with Crippen molar-refractivity contribution in [3.63, 3.8) is 0 Å². The molecule has 4 fully saturated rings. The number of aliphatic hydroxyl groups is 7.